The Morgan fingerprint density at radius 2 is 1.82 bits per heavy atom. The average Bonchev–Trinajstić information content (AvgIpc) is 2.85. The Morgan fingerprint density at radius 1 is 1.00 bits per heavy atom. The van der Waals surface area contributed by atoms with Gasteiger partial charge in [0.25, 0.3) is 0 Å². The lowest BCUT2D eigenvalue weighted by Gasteiger charge is -2.00. The molecule has 0 fully saturated rings. The molecule has 0 aliphatic carbocycles. The Labute approximate surface area is 111 Å². The standard InChI is InChI=1S/C14H17BrN2/c15-9-5-2-6-10-17-12-14(11-16-17)13-7-3-1-4-8-13/h1,3-4,7-8,11-12H,2,5-6,9-10H2. The molecule has 2 aromatic rings. The van der Waals surface area contributed by atoms with E-state index >= 15 is 0 Å². The maximum atomic E-state index is 4.40. The zero-order valence-electron chi connectivity index (χ0n) is 9.85. The molecule has 1 aromatic carbocycles. The largest absolute Gasteiger partial charge is 0.272 e. The fourth-order valence-electron chi connectivity index (χ4n) is 1.81. The number of nitrogens with zero attached hydrogens (tertiary/aromatic N) is 2. The number of unbranched alkanes of at least 4 members (excludes halogenated alkanes) is 2. The molecular weight excluding hydrogens is 276 g/mol. The highest BCUT2D eigenvalue weighted by Crippen LogP contribution is 2.17. The van der Waals surface area contributed by atoms with Crippen molar-refractivity contribution in [1.29, 1.82) is 0 Å². The van der Waals surface area contributed by atoms with E-state index in [-0.39, 0.29) is 0 Å². The van der Waals surface area contributed by atoms with Crippen LogP contribution < -0.4 is 0 Å². The Bertz CT molecular complexity index is 436. The summed E-state index contributed by atoms with van der Waals surface area (Å²) in [5.74, 6) is 0. The van der Waals surface area contributed by atoms with E-state index in [0.717, 1.165) is 11.9 Å². The Balaban J connectivity index is 1.92. The number of alkyl halides is 1. The summed E-state index contributed by atoms with van der Waals surface area (Å²) in [5.41, 5.74) is 2.44. The summed E-state index contributed by atoms with van der Waals surface area (Å²) in [6.45, 7) is 1.01. The predicted octanol–water partition coefficient (Wildman–Crippen LogP) is 4.12. The van der Waals surface area contributed by atoms with Crippen LogP contribution in [0.5, 0.6) is 0 Å². The SMILES string of the molecule is BrCCCCCn1cc(-c2ccccc2)cn1. The second kappa shape index (κ2) is 6.60. The average molecular weight is 293 g/mol. The van der Waals surface area contributed by atoms with Crippen molar-refractivity contribution >= 4 is 15.9 Å². The first-order valence-corrected chi connectivity index (χ1v) is 7.16. The highest BCUT2D eigenvalue weighted by atomic mass is 79.9. The van der Waals surface area contributed by atoms with Crippen LogP contribution in [0.25, 0.3) is 11.1 Å². The van der Waals surface area contributed by atoms with E-state index in [4.69, 9.17) is 0 Å². The van der Waals surface area contributed by atoms with Gasteiger partial charge in [0.15, 0.2) is 0 Å². The Kier molecular flexibility index (Phi) is 4.80. The second-order valence-electron chi connectivity index (χ2n) is 4.11. The molecule has 0 bridgehead atoms. The molecular formula is C14H17BrN2. The van der Waals surface area contributed by atoms with Crippen LogP contribution in [0, 0.1) is 0 Å². The highest BCUT2D eigenvalue weighted by Gasteiger charge is 2.00. The van der Waals surface area contributed by atoms with Gasteiger partial charge in [-0.15, -0.1) is 0 Å². The number of aryl methyl sites for hydroxylation is 1. The first kappa shape index (κ1) is 12.4. The molecule has 2 rings (SSSR count). The maximum Gasteiger partial charge on any atom is 0.0568 e. The van der Waals surface area contributed by atoms with Gasteiger partial charge in [0.2, 0.25) is 0 Å². The summed E-state index contributed by atoms with van der Waals surface area (Å²) in [7, 11) is 0. The van der Waals surface area contributed by atoms with Crippen LogP contribution in [0.3, 0.4) is 0 Å². The molecule has 0 N–H and O–H groups in total. The van der Waals surface area contributed by atoms with Gasteiger partial charge in [0.1, 0.15) is 0 Å². The normalized spacial score (nSPS) is 10.6. The first-order chi connectivity index (χ1) is 8.40. The van der Waals surface area contributed by atoms with Gasteiger partial charge >= 0.3 is 0 Å². The molecule has 17 heavy (non-hydrogen) atoms. The third-order valence-corrected chi connectivity index (χ3v) is 3.32. The lowest BCUT2D eigenvalue weighted by atomic mass is 10.1. The second-order valence-corrected chi connectivity index (χ2v) is 4.90. The van der Waals surface area contributed by atoms with E-state index in [9.17, 15) is 0 Å². The molecule has 0 atom stereocenters. The molecule has 2 nitrogen and oxygen atoms in total. The molecule has 0 aliphatic rings. The van der Waals surface area contributed by atoms with Crippen LogP contribution in [-0.4, -0.2) is 15.1 Å². The van der Waals surface area contributed by atoms with Crippen LogP contribution in [0.1, 0.15) is 19.3 Å². The molecule has 0 saturated heterocycles. The van der Waals surface area contributed by atoms with Crippen molar-refractivity contribution in [3.8, 4) is 11.1 Å². The smallest absolute Gasteiger partial charge is 0.0568 e. The summed E-state index contributed by atoms with van der Waals surface area (Å²) in [4.78, 5) is 0. The van der Waals surface area contributed by atoms with Crippen molar-refractivity contribution < 1.29 is 0 Å². The Hall–Kier alpha value is -1.09. The predicted molar refractivity (Wildman–Crippen MR) is 75.3 cm³/mol. The van der Waals surface area contributed by atoms with Crippen molar-refractivity contribution in [3.63, 3.8) is 0 Å². The van der Waals surface area contributed by atoms with Crippen LogP contribution in [-0.2, 0) is 6.54 Å². The van der Waals surface area contributed by atoms with Gasteiger partial charge in [-0.05, 0) is 18.4 Å². The highest BCUT2D eigenvalue weighted by molar-refractivity contribution is 9.09. The monoisotopic (exact) mass is 292 g/mol. The van der Waals surface area contributed by atoms with Crippen LogP contribution in [0.2, 0.25) is 0 Å². The molecule has 0 radical (unpaired) electrons. The lowest BCUT2D eigenvalue weighted by Crippen LogP contribution is -1.97. The number of rotatable bonds is 6. The van der Waals surface area contributed by atoms with Gasteiger partial charge < -0.3 is 0 Å². The summed E-state index contributed by atoms with van der Waals surface area (Å²) in [6, 6.07) is 10.4. The summed E-state index contributed by atoms with van der Waals surface area (Å²) in [5, 5.41) is 5.49. The van der Waals surface area contributed by atoms with Gasteiger partial charge in [0.05, 0.1) is 6.20 Å². The Morgan fingerprint density at radius 3 is 2.59 bits per heavy atom. The van der Waals surface area contributed by atoms with E-state index in [2.05, 4.69) is 51.5 Å². The first-order valence-electron chi connectivity index (χ1n) is 6.04. The lowest BCUT2D eigenvalue weighted by molar-refractivity contribution is 0.555. The van der Waals surface area contributed by atoms with Gasteiger partial charge in [-0.3, -0.25) is 4.68 Å². The third kappa shape index (κ3) is 3.70. The number of hydrogen-bond acceptors (Lipinski definition) is 1. The topological polar surface area (TPSA) is 17.8 Å². The van der Waals surface area contributed by atoms with Crippen molar-refractivity contribution in [3.05, 3.63) is 42.7 Å². The quantitative estimate of drug-likeness (QED) is 0.579. The minimum absolute atomic E-state index is 1.01. The van der Waals surface area contributed by atoms with E-state index < -0.39 is 0 Å². The minimum atomic E-state index is 1.01. The minimum Gasteiger partial charge on any atom is -0.272 e. The van der Waals surface area contributed by atoms with E-state index in [1.807, 2.05) is 16.9 Å². The van der Waals surface area contributed by atoms with Gasteiger partial charge in [-0.1, -0.05) is 52.7 Å². The van der Waals surface area contributed by atoms with Crippen molar-refractivity contribution in [2.24, 2.45) is 0 Å². The van der Waals surface area contributed by atoms with E-state index in [1.54, 1.807) is 0 Å². The molecule has 3 heteroatoms. The van der Waals surface area contributed by atoms with Crippen LogP contribution in [0.4, 0.5) is 0 Å². The molecule has 1 aromatic heterocycles. The molecule has 0 unspecified atom stereocenters. The summed E-state index contributed by atoms with van der Waals surface area (Å²) < 4.78 is 2.04. The summed E-state index contributed by atoms with van der Waals surface area (Å²) in [6.07, 6.45) is 7.77. The zero-order valence-corrected chi connectivity index (χ0v) is 11.4. The fraction of sp³-hybridized carbons (Fsp3) is 0.357. The molecule has 0 aliphatic heterocycles. The zero-order chi connectivity index (χ0) is 11.9. The van der Waals surface area contributed by atoms with Gasteiger partial charge in [0, 0.05) is 23.6 Å². The third-order valence-electron chi connectivity index (χ3n) is 2.76. The molecule has 0 spiro atoms. The van der Waals surface area contributed by atoms with Gasteiger partial charge in [-0.2, -0.15) is 5.10 Å². The number of benzene rings is 1. The van der Waals surface area contributed by atoms with Crippen molar-refractivity contribution in [2.45, 2.75) is 25.8 Å². The molecule has 1 heterocycles. The van der Waals surface area contributed by atoms with Crippen LogP contribution >= 0.6 is 15.9 Å². The summed E-state index contributed by atoms with van der Waals surface area (Å²) >= 11 is 3.45. The molecule has 0 amide bonds. The fourth-order valence-corrected chi connectivity index (χ4v) is 2.21. The number of aromatic nitrogens is 2. The number of halogens is 1. The maximum absolute atomic E-state index is 4.40. The molecule has 0 saturated carbocycles. The van der Waals surface area contributed by atoms with Crippen molar-refractivity contribution in [2.75, 3.05) is 5.33 Å². The van der Waals surface area contributed by atoms with Gasteiger partial charge in [-0.25, -0.2) is 0 Å². The van der Waals surface area contributed by atoms with E-state index in [1.165, 1.54) is 30.4 Å². The van der Waals surface area contributed by atoms with Crippen LogP contribution in [0.15, 0.2) is 42.7 Å². The molecule has 90 valence electrons. The van der Waals surface area contributed by atoms with Crippen molar-refractivity contribution in [1.82, 2.24) is 9.78 Å². The van der Waals surface area contributed by atoms with E-state index in [0.29, 0.717) is 0 Å². The number of hydrogen-bond donors (Lipinski definition) is 0.